The van der Waals surface area contributed by atoms with Crippen molar-refractivity contribution in [3.8, 4) is 0 Å². The molecule has 5 heteroatoms. The Bertz CT molecular complexity index is 347. The van der Waals surface area contributed by atoms with Crippen molar-refractivity contribution < 1.29 is 13.0 Å². The van der Waals surface area contributed by atoms with Crippen LogP contribution in [0.4, 0.5) is 5.69 Å². The van der Waals surface area contributed by atoms with Crippen LogP contribution in [0, 0.1) is 0 Å². The molecule has 1 aromatic rings. The first-order valence-corrected chi connectivity index (χ1v) is 5.43. The van der Waals surface area contributed by atoms with Crippen molar-refractivity contribution in [1.82, 2.24) is 0 Å². The molecule has 0 aromatic heterocycles. The van der Waals surface area contributed by atoms with Crippen molar-refractivity contribution in [2.45, 2.75) is 0 Å². The fourth-order valence-electron chi connectivity index (χ4n) is 0.880. The van der Waals surface area contributed by atoms with Gasteiger partial charge < -0.3 is 5.32 Å². The highest BCUT2D eigenvalue weighted by Gasteiger charge is 2.02. The van der Waals surface area contributed by atoms with Crippen LogP contribution in [-0.2, 0) is 10.1 Å². The Hall–Kier alpha value is -1.07. The molecule has 0 aliphatic heterocycles. The molecular weight excluding hydrogens is 190 g/mol. The van der Waals surface area contributed by atoms with E-state index in [2.05, 4.69) is 5.32 Å². The molecule has 13 heavy (non-hydrogen) atoms. The Labute approximate surface area is 77.3 Å². The number of benzene rings is 1. The third kappa shape index (κ3) is 4.49. The third-order valence-corrected chi connectivity index (χ3v) is 2.18. The summed E-state index contributed by atoms with van der Waals surface area (Å²) in [6.45, 7) is 0.211. The third-order valence-electron chi connectivity index (χ3n) is 1.46. The lowest BCUT2D eigenvalue weighted by molar-refractivity contribution is 0.484. The molecule has 0 spiro atoms. The van der Waals surface area contributed by atoms with Gasteiger partial charge in [-0.1, -0.05) is 18.2 Å². The summed E-state index contributed by atoms with van der Waals surface area (Å²) in [7, 11) is -3.86. The van der Waals surface area contributed by atoms with Crippen molar-refractivity contribution in [2.75, 3.05) is 17.6 Å². The van der Waals surface area contributed by atoms with Crippen LogP contribution in [0.5, 0.6) is 0 Å². The second kappa shape index (κ2) is 4.25. The Balaban J connectivity index is 2.37. The van der Waals surface area contributed by atoms with Gasteiger partial charge in [-0.05, 0) is 12.1 Å². The maximum Gasteiger partial charge on any atom is 0.266 e. The summed E-state index contributed by atoms with van der Waals surface area (Å²) >= 11 is 0. The zero-order chi connectivity index (χ0) is 9.73. The van der Waals surface area contributed by atoms with Crippen LogP contribution >= 0.6 is 0 Å². The summed E-state index contributed by atoms with van der Waals surface area (Å²) < 4.78 is 29.1. The molecule has 1 aromatic carbocycles. The molecule has 4 nitrogen and oxygen atoms in total. The lowest BCUT2D eigenvalue weighted by atomic mass is 10.3. The minimum absolute atomic E-state index is 0.211. The van der Waals surface area contributed by atoms with Crippen LogP contribution in [0.1, 0.15) is 0 Å². The first kappa shape index (κ1) is 10.0. The molecule has 0 bridgehead atoms. The summed E-state index contributed by atoms with van der Waals surface area (Å²) in [6.07, 6.45) is 0. The average Bonchev–Trinajstić information content (AvgIpc) is 2.04. The largest absolute Gasteiger partial charge is 0.384 e. The second-order valence-corrected chi connectivity index (χ2v) is 4.15. The van der Waals surface area contributed by atoms with Crippen molar-refractivity contribution in [3.05, 3.63) is 30.3 Å². The van der Waals surface area contributed by atoms with Gasteiger partial charge in [0.15, 0.2) is 0 Å². The minimum Gasteiger partial charge on any atom is -0.384 e. The molecule has 0 amide bonds. The molecule has 2 N–H and O–H groups in total. The fraction of sp³-hybridized carbons (Fsp3) is 0.250. The minimum atomic E-state index is -3.86. The van der Waals surface area contributed by atoms with Gasteiger partial charge in [-0.15, -0.1) is 0 Å². The van der Waals surface area contributed by atoms with Crippen LogP contribution in [-0.4, -0.2) is 25.3 Å². The molecular formula is C8H11NO3S. The molecule has 72 valence electrons. The van der Waals surface area contributed by atoms with Crippen LogP contribution in [0.15, 0.2) is 30.3 Å². The van der Waals surface area contributed by atoms with Crippen LogP contribution < -0.4 is 5.32 Å². The van der Waals surface area contributed by atoms with Crippen molar-refractivity contribution in [1.29, 1.82) is 0 Å². The lowest BCUT2D eigenvalue weighted by Crippen LogP contribution is -2.14. The number of hydrogen-bond donors (Lipinski definition) is 2. The maximum atomic E-state index is 10.3. The number of para-hydroxylation sites is 1. The zero-order valence-electron chi connectivity index (χ0n) is 6.97. The van der Waals surface area contributed by atoms with Crippen molar-refractivity contribution in [2.24, 2.45) is 0 Å². The van der Waals surface area contributed by atoms with Gasteiger partial charge in [-0.2, -0.15) is 8.42 Å². The highest BCUT2D eigenvalue weighted by atomic mass is 32.2. The number of nitrogens with one attached hydrogen (secondary N) is 1. The quantitative estimate of drug-likeness (QED) is 0.713. The maximum absolute atomic E-state index is 10.3. The van der Waals surface area contributed by atoms with E-state index < -0.39 is 10.1 Å². The molecule has 0 aliphatic carbocycles. The molecule has 0 atom stereocenters. The molecule has 0 unspecified atom stereocenters. The van der Waals surface area contributed by atoms with Gasteiger partial charge >= 0.3 is 0 Å². The van der Waals surface area contributed by atoms with Crippen molar-refractivity contribution in [3.63, 3.8) is 0 Å². The monoisotopic (exact) mass is 201 g/mol. The number of anilines is 1. The van der Waals surface area contributed by atoms with E-state index in [4.69, 9.17) is 4.55 Å². The van der Waals surface area contributed by atoms with Gasteiger partial charge in [-0.3, -0.25) is 4.55 Å². The Morgan fingerprint density at radius 3 is 2.38 bits per heavy atom. The first-order chi connectivity index (χ1) is 6.08. The van der Waals surface area contributed by atoms with Crippen molar-refractivity contribution >= 4 is 15.8 Å². The number of rotatable bonds is 4. The van der Waals surface area contributed by atoms with E-state index in [0.29, 0.717) is 0 Å². The van der Waals surface area contributed by atoms with E-state index in [1.807, 2.05) is 30.3 Å². The van der Waals surface area contributed by atoms with E-state index in [1.54, 1.807) is 0 Å². The van der Waals surface area contributed by atoms with Gasteiger partial charge in [0, 0.05) is 12.2 Å². The van der Waals surface area contributed by atoms with Crippen LogP contribution in [0.3, 0.4) is 0 Å². The molecule has 1 rings (SSSR count). The SMILES string of the molecule is O=S(=O)(O)CCNc1ccccc1. The summed E-state index contributed by atoms with van der Waals surface area (Å²) in [6, 6.07) is 9.20. The van der Waals surface area contributed by atoms with Gasteiger partial charge in [-0.25, -0.2) is 0 Å². The van der Waals surface area contributed by atoms with E-state index >= 15 is 0 Å². The normalized spacial score (nSPS) is 11.2. The molecule has 0 saturated heterocycles. The van der Waals surface area contributed by atoms with Crippen LogP contribution in [0.25, 0.3) is 0 Å². The van der Waals surface area contributed by atoms with Gasteiger partial charge in [0.25, 0.3) is 10.1 Å². The highest BCUT2D eigenvalue weighted by Crippen LogP contribution is 2.03. The van der Waals surface area contributed by atoms with E-state index in [9.17, 15) is 8.42 Å². The predicted molar refractivity (Wildman–Crippen MR) is 51.3 cm³/mol. The van der Waals surface area contributed by atoms with E-state index in [0.717, 1.165) is 5.69 Å². The van der Waals surface area contributed by atoms with Gasteiger partial charge in [0.2, 0.25) is 0 Å². The second-order valence-electron chi connectivity index (χ2n) is 2.58. The van der Waals surface area contributed by atoms with E-state index in [-0.39, 0.29) is 12.3 Å². The zero-order valence-corrected chi connectivity index (χ0v) is 7.79. The van der Waals surface area contributed by atoms with Crippen LogP contribution in [0.2, 0.25) is 0 Å². The Morgan fingerprint density at radius 2 is 1.85 bits per heavy atom. The van der Waals surface area contributed by atoms with E-state index in [1.165, 1.54) is 0 Å². The molecule has 0 fully saturated rings. The molecule has 0 saturated carbocycles. The summed E-state index contributed by atoms with van der Waals surface area (Å²) in [5.74, 6) is -0.276. The highest BCUT2D eigenvalue weighted by molar-refractivity contribution is 7.85. The fourth-order valence-corrected chi connectivity index (χ4v) is 1.24. The summed E-state index contributed by atoms with van der Waals surface area (Å²) in [5, 5.41) is 2.86. The smallest absolute Gasteiger partial charge is 0.266 e. The number of hydrogen-bond acceptors (Lipinski definition) is 3. The first-order valence-electron chi connectivity index (χ1n) is 3.82. The molecule has 0 heterocycles. The van der Waals surface area contributed by atoms with Gasteiger partial charge in [0.1, 0.15) is 0 Å². The Kier molecular flexibility index (Phi) is 3.27. The summed E-state index contributed by atoms with van der Waals surface area (Å²) in [5.41, 5.74) is 0.839. The van der Waals surface area contributed by atoms with Gasteiger partial charge in [0.05, 0.1) is 5.75 Å². The summed E-state index contributed by atoms with van der Waals surface area (Å²) in [4.78, 5) is 0. The topological polar surface area (TPSA) is 66.4 Å². The standard InChI is InChI=1S/C8H11NO3S/c10-13(11,12)7-6-9-8-4-2-1-3-5-8/h1-5,9H,6-7H2,(H,10,11,12). The predicted octanol–water partition coefficient (Wildman–Crippen LogP) is 0.986. The average molecular weight is 201 g/mol. The lowest BCUT2D eigenvalue weighted by Gasteiger charge is -2.03. The molecule has 0 aliphatic rings. The Morgan fingerprint density at radius 1 is 1.23 bits per heavy atom. The molecule has 0 radical (unpaired) electrons.